The Bertz CT molecular complexity index is 652. The molecule has 1 aromatic carbocycles. The van der Waals surface area contributed by atoms with Gasteiger partial charge in [-0.05, 0) is 35.6 Å². The van der Waals surface area contributed by atoms with Gasteiger partial charge in [0.2, 0.25) is 11.8 Å². The molecule has 2 rings (SSSR count). The van der Waals surface area contributed by atoms with Crippen molar-refractivity contribution in [1.82, 2.24) is 10.2 Å². The van der Waals surface area contributed by atoms with Crippen molar-refractivity contribution in [1.29, 1.82) is 0 Å². The van der Waals surface area contributed by atoms with Crippen LogP contribution in [0.4, 0.5) is 0 Å². The third-order valence-electron chi connectivity index (χ3n) is 4.51. The number of nitrogens with zero attached hydrogens (tertiary/aromatic N) is 1. The first-order chi connectivity index (χ1) is 11.9. The van der Waals surface area contributed by atoms with Crippen molar-refractivity contribution in [3.8, 4) is 11.5 Å². The van der Waals surface area contributed by atoms with Crippen molar-refractivity contribution in [3.63, 3.8) is 0 Å². The van der Waals surface area contributed by atoms with Crippen LogP contribution < -0.4 is 20.5 Å². The Hall–Kier alpha value is -1.99. The summed E-state index contributed by atoms with van der Waals surface area (Å²) in [5, 5.41) is 2.63. The number of ether oxygens (including phenoxy) is 2. The molecular formula is C18H28ClN3O4. The number of fused-ring (bicyclic) bond motifs is 1. The highest BCUT2D eigenvalue weighted by molar-refractivity contribution is 5.87. The second kappa shape index (κ2) is 9.64. The minimum absolute atomic E-state index is 0. The molecule has 0 fully saturated rings. The van der Waals surface area contributed by atoms with E-state index in [-0.39, 0.29) is 36.7 Å². The lowest BCUT2D eigenvalue weighted by atomic mass is 9.98. The Labute approximate surface area is 160 Å². The molecule has 1 aliphatic rings. The zero-order chi connectivity index (χ0) is 18.6. The van der Waals surface area contributed by atoms with E-state index in [1.165, 1.54) is 0 Å². The van der Waals surface area contributed by atoms with E-state index < -0.39 is 6.04 Å². The average molecular weight is 386 g/mol. The molecule has 0 aliphatic carbocycles. The molecule has 0 saturated carbocycles. The number of carbonyl (C=O) groups excluding carboxylic acids is 2. The minimum Gasteiger partial charge on any atom is -0.493 e. The van der Waals surface area contributed by atoms with E-state index in [0.29, 0.717) is 24.6 Å². The second-order valence-corrected chi connectivity index (χ2v) is 6.53. The number of hydrogen-bond acceptors (Lipinski definition) is 5. The Kier molecular flexibility index (Phi) is 8.17. The molecule has 3 N–H and O–H groups in total. The van der Waals surface area contributed by atoms with Crippen molar-refractivity contribution in [3.05, 3.63) is 23.3 Å². The lowest BCUT2D eigenvalue weighted by molar-refractivity contribution is -0.134. The fourth-order valence-corrected chi connectivity index (χ4v) is 2.79. The molecule has 1 aromatic rings. The second-order valence-electron chi connectivity index (χ2n) is 6.53. The molecular weight excluding hydrogens is 358 g/mol. The van der Waals surface area contributed by atoms with E-state index in [1.807, 2.05) is 26.0 Å². The fraction of sp³-hybridized carbons (Fsp3) is 0.556. The van der Waals surface area contributed by atoms with E-state index >= 15 is 0 Å². The van der Waals surface area contributed by atoms with Gasteiger partial charge in [-0.2, -0.15) is 0 Å². The van der Waals surface area contributed by atoms with Crippen LogP contribution in [0.5, 0.6) is 11.5 Å². The molecule has 0 aromatic heterocycles. The smallest absolute Gasteiger partial charge is 0.242 e. The topological polar surface area (TPSA) is 93.9 Å². The molecule has 0 unspecified atom stereocenters. The van der Waals surface area contributed by atoms with E-state index in [1.54, 1.807) is 19.1 Å². The van der Waals surface area contributed by atoms with Crippen molar-refractivity contribution in [2.24, 2.45) is 11.7 Å². The summed E-state index contributed by atoms with van der Waals surface area (Å²) >= 11 is 0. The van der Waals surface area contributed by atoms with Crippen molar-refractivity contribution < 1.29 is 19.1 Å². The summed E-state index contributed by atoms with van der Waals surface area (Å²) in [6, 6.07) is 3.26. The zero-order valence-electron chi connectivity index (χ0n) is 15.7. The molecule has 26 heavy (non-hydrogen) atoms. The molecule has 0 bridgehead atoms. The zero-order valence-corrected chi connectivity index (χ0v) is 16.5. The molecule has 1 aliphatic heterocycles. The summed E-state index contributed by atoms with van der Waals surface area (Å²) in [5.74, 6) is 0.944. The van der Waals surface area contributed by atoms with E-state index in [9.17, 15) is 9.59 Å². The van der Waals surface area contributed by atoms with E-state index in [0.717, 1.165) is 17.5 Å². The predicted octanol–water partition coefficient (Wildman–Crippen LogP) is 1.11. The SMILES string of the molecule is COc1cc2c(cc1OC)CN(C(=O)CNC(=O)[C@@H](N)C(C)C)CC2.Cl. The lowest BCUT2D eigenvalue weighted by Gasteiger charge is -2.30. The Morgan fingerprint density at radius 3 is 2.31 bits per heavy atom. The molecule has 0 spiro atoms. The highest BCUT2D eigenvalue weighted by atomic mass is 35.5. The van der Waals surface area contributed by atoms with Gasteiger partial charge >= 0.3 is 0 Å². The van der Waals surface area contributed by atoms with Crippen LogP contribution in [-0.4, -0.2) is 50.1 Å². The van der Waals surface area contributed by atoms with Gasteiger partial charge in [-0.25, -0.2) is 0 Å². The molecule has 146 valence electrons. The van der Waals surface area contributed by atoms with Crippen LogP contribution in [0.3, 0.4) is 0 Å². The molecule has 2 amide bonds. The van der Waals surface area contributed by atoms with Crippen molar-refractivity contribution >= 4 is 24.2 Å². The standard InChI is InChI=1S/C18H27N3O4.ClH/c1-11(2)17(19)18(23)20-9-16(22)21-6-5-12-7-14(24-3)15(25-4)8-13(12)10-21;/h7-8,11,17H,5-6,9-10,19H2,1-4H3,(H,20,23);1H/t17-;/m0./s1. The first-order valence-corrected chi connectivity index (χ1v) is 8.42. The highest BCUT2D eigenvalue weighted by Gasteiger charge is 2.24. The van der Waals surface area contributed by atoms with Gasteiger partial charge in [0, 0.05) is 13.1 Å². The Morgan fingerprint density at radius 1 is 1.19 bits per heavy atom. The van der Waals surface area contributed by atoms with Gasteiger partial charge < -0.3 is 25.4 Å². The van der Waals surface area contributed by atoms with Crippen LogP contribution in [0, 0.1) is 5.92 Å². The number of halogens is 1. The van der Waals surface area contributed by atoms with Crippen LogP contribution >= 0.6 is 12.4 Å². The average Bonchev–Trinajstić information content (AvgIpc) is 2.63. The van der Waals surface area contributed by atoms with Crippen molar-refractivity contribution in [2.45, 2.75) is 32.9 Å². The number of nitrogens with two attached hydrogens (primary N) is 1. The largest absolute Gasteiger partial charge is 0.493 e. The van der Waals surface area contributed by atoms with Gasteiger partial charge in [0.25, 0.3) is 0 Å². The van der Waals surface area contributed by atoms with Crippen LogP contribution in [-0.2, 0) is 22.6 Å². The molecule has 1 heterocycles. The van der Waals surface area contributed by atoms with Gasteiger partial charge in [0.1, 0.15) is 0 Å². The van der Waals surface area contributed by atoms with Gasteiger partial charge in [-0.1, -0.05) is 13.8 Å². The first-order valence-electron chi connectivity index (χ1n) is 8.42. The first kappa shape index (κ1) is 22.1. The summed E-state index contributed by atoms with van der Waals surface area (Å²) in [7, 11) is 3.19. The maximum absolute atomic E-state index is 12.4. The van der Waals surface area contributed by atoms with Crippen LogP contribution in [0.1, 0.15) is 25.0 Å². The number of methoxy groups -OCH3 is 2. The van der Waals surface area contributed by atoms with E-state index in [2.05, 4.69) is 5.32 Å². The number of rotatable bonds is 6. The maximum Gasteiger partial charge on any atom is 0.242 e. The molecule has 1 atom stereocenters. The Morgan fingerprint density at radius 2 is 1.77 bits per heavy atom. The normalized spacial score (nSPS) is 14.2. The number of nitrogens with one attached hydrogen (secondary N) is 1. The highest BCUT2D eigenvalue weighted by Crippen LogP contribution is 2.33. The third kappa shape index (κ3) is 5.02. The van der Waals surface area contributed by atoms with Crippen molar-refractivity contribution in [2.75, 3.05) is 27.3 Å². The molecule has 7 nitrogen and oxygen atoms in total. The Balaban J connectivity index is 0.00000338. The molecule has 0 saturated heterocycles. The lowest BCUT2D eigenvalue weighted by Crippen LogP contribution is -2.48. The van der Waals surface area contributed by atoms with Gasteiger partial charge in [0.05, 0.1) is 26.8 Å². The quantitative estimate of drug-likeness (QED) is 0.765. The van der Waals surface area contributed by atoms with E-state index in [4.69, 9.17) is 15.2 Å². The monoisotopic (exact) mass is 385 g/mol. The maximum atomic E-state index is 12.4. The van der Waals surface area contributed by atoms with Gasteiger partial charge in [-0.15, -0.1) is 12.4 Å². The number of carbonyl (C=O) groups is 2. The summed E-state index contributed by atoms with van der Waals surface area (Å²) in [6.07, 6.45) is 0.737. The summed E-state index contributed by atoms with van der Waals surface area (Å²) < 4.78 is 10.6. The minimum atomic E-state index is -0.605. The number of hydrogen-bond donors (Lipinski definition) is 2. The fourth-order valence-electron chi connectivity index (χ4n) is 2.79. The van der Waals surface area contributed by atoms with Crippen LogP contribution in [0.15, 0.2) is 12.1 Å². The van der Waals surface area contributed by atoms with Gasteiger partial charge in [-0.3, -0.25) is 9.59 Å². The summed E-state index contributed by atoms with van der Waals surface area (Å²) in [6.45, 7) is 4.79. The third-order valence-corrected chi connectivity index (χ3v) is 4.51. The number of benzene rings is 1. The molecule has 0 radical (unpaired) electrons. The predicted molar refractivity (Wildman–Crippen MR) is 102 cm³/mol. The summed E-state index contributed by atoms with van der Waals surface area (Å²) in [4.78, 5) is 26.0. The van der Waals surface area contributed by atoms with Gasteiger partial charge in [0.15, 0.2) is 11.5 Å². The summed E-state index contributed by atoms with van der Waals surface area (Å²) in [5.41, 5.74) is 7.96. The molecule has 8 heteroatoms. The van der Waals surface area contributed by atoms with Crippen LogP contribution in [0.25, 0.3) is 0 Å². The van der Waals surface area contributed by atoms with Crippen LogP contribution in [0.2, 0.25) is 0 Å². The number of amides is 2.